The van der Waals surface area contributed by atoms with Gasteiger partial charge in [-0.15, -0.1) is 0 Å². The molecule has 0 aromatic heterocycles. The molecule has 0 bridgehead atoms. The largest absolute Gasteiger partial charge is 0.493 e. The standard InChI is InChI=1S/C19H24N2O6/c1-11(2)7-14(19(24)25)21-16(22)9-20-18(23)13-8-12-5-4-6-15(26-3)17(12)27-10-13/h4-6,8,11,14H,7,9-10H2,1-3H3,(H,20,23)(H,21,22)(H,24,25)/t14-/m0/s1. The third kappa shape index (κ3) is 5.47. The van der Waals surface area contributed by atoms with Crippen molar-refractivity contribution in [2.45, 2.75) is 26.3 Å². The summed E-state index contributed by atoms with van der Waals surface area (Å²) < 4.78 is 10.8. The molecule has 27 heavy (non-hydrogen) atoms. The van der Waals surface area contributed by atoms with E-state index in [0.717, 1.165) is 0 Å². The molecule has 3 N–H and O–H groups in total. The first kappa shape index (κ1) is 20.3. The summed E-state index contributed by atoms with van der Waals surface area (Å²) in [7, 11) is 1.53. The van der Waals surface area contributed by atoms with Gasteiger partial charge >= 0.3 is 5.97 Å². The van der Waals surface area contributed by atoms with Gasteiger partial charge < -0.3 is 25.2 Å². The number of ether oxygens (including phenoxy) is 2. The number of carboxylic acid groups (broad SMARTS) is 1. The van der Waals surface area contributed by atoms with Crippen LogP contribution in [0.1, 0.15) is 25.8 Å². The quantitative estimate of drug-likeness (QED) is 0.628. The SMILES string of the molecule is COc1cccc2c1OCC(C(=O)NCC(=O)N[C@@H](CC(C)C)C(=O)O)=C2. The van der Waals surface area contributed by atoms with Crippen molar-refractivity contribution >= 4 is 23.9 Å². The van der Waals surface area contributed by atoms with Crippen LogP contribution in [0.5, 0.6) is 11.5 Å². The van der Waals surface area contributed by atoms with Gasteiger partial charge in [-0.25, -0.2) is 4.79 Å². The minimum absolute atomic E-state index is 0.0475. The molecular formula is C19H24N2O6. The van der Waals surface area contributed by atoms with Crippen molar-refractivity contribution in [2.24, 2.45) is 5.92 Å². The van der Waals surface area contributed by atoms with Crippen LogP contribution in [0, 0.1) is 5.92 Å². The lowest BCUT2D eigenvalue weighted by Crippen LogP contribution is -2.46. The number of carbonyl (C=O) groups excluding carboxylic acids is 2. The van der Waals surface area contributed by atoms with E-state index >= 15 is 0 Å². The lowest BCUT2D eigenvalue weighted by atomic mass is 10.0. The van der Waals surface area contributed by atoms with Crippen molar-refractivity contribution in [1.82, 2.24) is 10.6 Å². The van der Waals surface area contributed by atoms with Crippen molar-refractivity contribution in [3.05, 3.63) is 29.3 Å². The highest BCUT2D eigenvalue weighted by Crippen LogP contribution is 2.35. The Morgan fingerprint density at radius 2 is 2.04 bits per heavy atom. The first-order valence-electron chi connectivity index (χ1n) is 8.62. The molecule has 0 unspecified atom stereocenters. The maximum atomic E-state index is 12.3. The highest BCUT2D eigenvalue weighted by Gasteiger charge is 2.23. The molecule has 1 aliphatic heterocycles. The number of aliphatic carboxylic acids is 1. The fourth-order valence-electron chi connectivity index (χ4n) is 2.68. The number of methoxy groups -OCH3 is 1. The zero-order valence-electron chi connectivity index (χ0n) is 15.6. The van der Waals surface area contributed by atoms with Gasteiger partial charge in [-0.2, -0.15) is 0 Å². The van der Waals surface area contributed by atoms with Crippen LogP contribution >= 0.6 is 0 Å². The van der Waals surface area contributed by atoms with Gasteiger partial charge in [-0.3, -0.25) is 9.59 Å². The molecule has 2 rings (SSSR count). The molecule has 0 spiro atoms. The Morgan fingerprint density at radius 1 is 1.30 bits per heavy atom. The van der Waals surface area contributed by atoms with Crippen LogP contribution in [-0.4, -0.2) is 49.2 Å². The Bertz CT molecular complexity index is 757. The lowest BCUT2D eigenvalue weighted by Gasteiger charge is -2.20. The number of hydrogen-bond donors (Lipinski definition) is 3. The fraction of sp³-hybridized carbons (Fsp3) is 0.421. The van der Waals surface area contributed by atoms with Crippen molar-refractivity contribution < 1.29 is 29.0 Å². The van der Waals surface area contributed by atoms with Gasteiger partial charge in [-0.1, -0.05) is 26.0 Å². The van der Waals surface area contributed by atoms with Crippen LogP contribution in [-0.2, 0) is 14.4 Å². The zero-order valence-corrected chi connectivity index (χ0v) is 15.6. The zero-order chi connectivity index (χ0) is 20.0. The van der Waals surface area contributed by atoms with Gasteiger partial charge in [-0.05, 0) is 24.5 Å². The minimum atomic E-state index is -1.10. The third-order valence-electron chi connectivity index (χ3n) is 3.97. The number of fused-ring (bicyclic) bond motifs is 1. The molecule has 1 heterocycles. The van der Waals surface area contributed by atoms with Crippen molar-refractivity contribution in [1.29, 1.82) is 0 Å². The van der Waals surface area contributed by atoms with E-state index in [1.54, 1.807) is 24.3 Å². The smallest absolute Gasteiger partial charge is 0.326 e. The number of amides is 2. The number of rotatable bonds is 8. The average molecular weight is 376 g/mol. The molecule has 2 amide bonds. The molecule has 0 aliphatic carbocycles. The maximum Gasteiger partial charge on any atom is 0.326 e. The van der Waals surface area contributed by atoms with Crippen LogP contribution in [0.3, 0.4) is 0 Å². The molecule has 1 aliphatic rings. The molecule has 0 saturated heterocycles. The molecule has 0 radical (unpaired) electrons. The highest BCUT2D eigenvalue weighted by atomic mass is 16.5. The van der Waals surface area contributed by atoms with Gasteiger partial charge in [0.25, 0.3) is 5.91 Å². The van der Waals surface area contributed by atoms with Crippen LogP contribution in [0.15, 0.2) is 23.8 Å². The van der Waals surface area contributed by atoms with E-state index in [1.807, 2.05) is 13.8 Å². The molecule has 1 atom stereocenters. The number of carboxylic acids is 1. The minimum Gasteiger partial charge on any atom is -0.493 e. The van der Waals surface area contributed by atoms with Gasteiger partial charge in [0, 0.05) is 5.56 Å². The summed E-state index contributed by atoms with van der Waals surface area (Å²) in [5.74, 6) is -0.857. The molecule has 1 aromatic rings. The van der Waals surface area contributed by atoms with E-state index in [2.05, 4.69) is 10.6 Å². The van der Waals surface area contributed by atoms with Crippen LogP contribution in [0.25, 0.3) is 6.08 Å². The summed E-state index contributed by atoms with van der Waals surface area (Å²) in [6.45, 7) is 3.47. The number of para-hydroxylation sites is 1. The molecule has 0 saturated carbocycles. The Morgan fingerprint density at radius 3 is 2.67 bits per heavy atom. The van der Waals surface area contributed by atoms with Gasteiger partial charge in [0.15, 0.2) is 11.5 Å². The summed E-state index contributed by atoms with van der Waals surface area (Å²) >= 11 is 0. The number of hydrogen-bond acceptors (Lipinski definition) is 5. The van der Waals surface area contributed by atoms with E-state index < -0.39 is 23.8 Å². The Balaban J connectivity index is 1.94. The second-order valence-electron chi connectivity index (χ2n) is 6.61. The van der Waals surface area contributed by atoms with E-state index in [1.165, 1.54) is 7.11 Å². The average Bonchev–Trinajstić information content (AvgIpc) is 2.64. The second kappa shape index (κ2) is 9.07. The summed E-state index contributed by atoms with van der Waals surface area (Å²) in [6.07, 6.45) is 1.99. The summed E-state index contributed by atoms with van der Waals surface area (Å²) in [4.78, 5) is 35.4. The molecule has 8 nitrogen and oxygen atoms in total. The van der Waals surface area contributed by atoms with E-state index in [4.69, 9.17) is 14.6 Å². The number of benzene rings is 1. The summed E-state index contributed by atoms with van der Waals surface area (Å²) in [5.41, 5.74) is 1.07. The maximum absolute atomic E-state index is 12.3. The van der Waals surface area contributed by atoms with E-state index in [0.29, 0.717) is 29.1 Å². The number of nitrogens with one attached hydrogen (secondary N) is 2. The van der Waals surface area contributed by atoms with Crippen molar-refractivity contribution in [2.75, 3.05) is 20.3 Å². The predicted molar refractivity (Wildman–Crippen MR) is 98.5 cm³/mol. The van der Waals surface area contributed by atoms with Crippen LogP contribution in [0.2, 0.25) is 0 Å². The van der Waals surface area contributed by atoms with Crippen LogP contribution < -0.4 is 20.1 Å². The van der Waals surface area contributed by atoms with Gasteiger partial charge in [0.1, 0.15) is 12.6 Å². The molecular weight excluding hydrogens is 352 g/mol. The van der Waals surface area contributed by atoms with Crippen molar-refractivity contribution in [3.8, 4) is 11.5 Å². The molecule has 8 heteroatoms. The normalized spacial score (nSPS) is 13.7. The van der Waals surface area contributed by atoms with Gasteiger partial charge in [0.05, 0.1) is 19.2 Å². The Hall–Kier alpha value is -3.03. The molecule has 146 valence electrons. The summed E-state index contributed by atoms with van der Waals surface area (Å²) in [6, 6.07) is 4.36. The highest BCUT2D eigenvalue weighted by molar-refractivity contribution is 6.01. The first-order valence-corrected chi connectivity index (χ1v) is 8.62. The predicted octanol–water partition coefficient (Wildman–Crippen LogP) is 1.20. The number of carbonyl (C=O) groups is 3. The fourth-order valence-corrected chi connectivity index (χ4v) is 2.68. The summed E-state index contributed by atoms with van der Waals surface area (Å²) in [5, 5.41) is 14.1. The first-order chi connectivity index (χ1) is 12.8. The van der Waals surface area contributed by atoms with Crippen LogP contribution in [0.4, 0.5) is 0 Å². The van der Waals surface area contributed by atoms with E-state index in [9.17, 15) is 14.4 Å². The Labute approximate surface area is 157 Å². The van der Waals surface area contributed by atoms with E-state index in [-0.39, 0.29) is 19.1 Å². The van der Waals surface area contributed by atoms with Crippen molar-refractivity contribution in [3.63, 3.8) is 0 Å². The third-order valence-corrected chi connectivity index (χ3v) is 3.97. The molecule has 0 fully saturated rings. The topological polar surface area (TPSA) is 114 Å². The monoisotopic (exact) mass is 376 g/mol. The Kier molecular flexibility index (Phi) is 6.81. The lowest BCUT2D eigenvalue weighted by molar-refractivity contribution is -0.142. The van der Waals surface area contributed by atoms with Gasteiger partial charge in [0.2, 0.25) is 5.91 Å². The second-order valence-corrected chi connectivity index (χ2v) is 6.61. The molecule has 1 aromatic carbocycles.